The van der Waals surface area contributed by atoms with Crippen molar-refractivity contribution in [2.75, 3.05) is 13.7 Å². The van der Waals surface area contributed by atoms with Crippen LogP contribution in [0.25, 0.3) is 0 Å². The maximum atomic E-state index is 15.1. The normalized spacial score (nSPS) is 24.7. The van der Waals surface area contributed by atoms with Gasteiger partial charge in [0.15, 0.2) is 22.6 Å². The van der Waals surface area contributed by atoms with Crippen LogP contribution in [-0.4, -0.2) is 44.4 Å². The summed E-state index contributed by atoms with van der Waals surface area (Å²) in [5, 5.41) is 2.93. The van der Waals surface area contributed by atoms with Crippen molar-refractivity contribution >= 4 is 34.0 Å². The van der Waals surface area contributed by atoms with Gasteiger partial charge in [-0.1, -0.05) is 11.8 Å². The third kappa shape index (κ3) is 4.60. The lowest BCUT2D eigenvalue weighted by Gasteiger charge is -2.34. The average Bonchev–Trinajstić information content (AvgIpc) is 3.32. The Kier molecular flexibility index (Phi) is 6.52. The lowest BCUT2D eigenvalue weighted by Crippen LogP contribution is -2.38. The van der Waals surface area contributed by atoms with E-state index in [0.29, 0.717) is 23.8 Å². The minimum Gasteiger partial charge on any atom is -0.469 e. The molecule has 2 N–H and O–H groups in total. The first-order chi connectivity index (χ1) is 17.2. The first-order valence-corrected chi connectivity index (χ1v) is 12.8. The Morgan fingerprint density at radius 1 is 1.25 bits per heavy atom. The molecule has 0 amide bonds. The molecule has 0 spiro atoms. The predicted molar refractivity (Wildman–Crippen MR) is 132 cm³/mol. The van der Waals surface area contributed by atoms with E-state index in [4.69, 9.17) is 15.2 Å². The molecule has 5 rings (SSSR count). The third-order valence-electron chi connectivity index (χ3n) is 6.48. The number of thiazole rings is 1. The number of hydrogen-bond donors (Lipinski definition) is 1. The second-order valence-corrected chi connectivity index (χ2v) is 11.4. The van der Waals surface area contributed by atoms with Crippen LogP contribution in [0.3, 0.4) is 0 Å². The van der Waals surface area contributed by atoms with Gasteiger partial charge in [-0.3, -0.25) is 9.79 Å². The quantitative estimate of drug-likeness (QED) is 0.414. The van der Waals surface area contributed by atoms with Crippen molar-refractivity contribution in [3.63, 3.8) is 0 Å². The van der Waals surface area contributed by atoms with Crippen molar-refractivity contribution in [3.05, 3.63) is 69.6 Å². The van der Waals surface area contributed by atoms with Crippen LogP contribution in [0.2, 0.25) is 0 Å². The Bertz CT molecular complexity index is 1320. The molecule has 0 bridgehead atoms. The van der Waals surface area contributed by atoms with E-state index in [9.17, 15) is 9.18 Å². The van der Waals surface area contributed by atoms with E-state index in [-0.39, 0.29) is 40.8 Å². The number of fused-ring (bicyclic) bond motifs is 1. The standard InChI is InChI=1S/C24H23F2N5O3S2/c1-23(18-8-24(18,12-33-2)36-22(27)31-23)14-5-13(6-15(25)21(14)26)7-17(32)16-9-30-19(10-29-16)34-11-20-28-3-4-35-20/h3-6,9-10,18H,7-8,11-12H2,1-2H3,(H2,27,31)/t18-,23+,24+/m0/s1. The van der Waals surface area contributed by atoms with Crippen LogP contribution in [0, 0.1) is 17.6 Å². The number of halogens is 2. The van der Waals surface area contributed by atoms with Crippen LogP contribution >= 0.6 is 23.1 Å². The maximum absolute atomic E-state index is 15.1. The van der Waals surface area contributed by atoms with Crippen molar-refractivity contribution in [2.24, 2.45) is 16.6 Å². The number of hydrogen-bond acceptors (Lipinski definition) is 10. The first-order valence-electron chi connectivity index (χ1n) is 11.1. The van der Waals surface area contributed by atoms with Crippen molar-refractivity contribution < 1.29 is 23.0 Å². The van der Waals surface area contributed by atoms with Gasteiger partial charge in [-0.05, 0) is 31.0 Å². The summed E-state index contributed by atoms with van der Waals surface area (Å²) in [6.07, 6.45) is 4.85. The Hall–Kier alpha value is -2.96. The molecule has 2 aliphatic rings. The molecule has 1 aliphatic heterocycles. The number of ketones is 1. The van der Waals surface area contributed by atoms with E-state index in [2.05, 4.69) is 19.9 Å². The molecule has 1 fully saturated rings. The van der Waals surface area contributed by atoms with E-state index >= 15 is 4.39 Å². The fourth-order valence-electron chi connectivity index (χ4n) is 4.72. The summed E-state index contributed by atoms with van der Waals surface area (Å²) in [6, 6.07) is 2.52. The van der Waals surface area contributed by atoms with Gasteiger partial charge in [0.2, 0.25) is 5.88 Å². The molecule has 0 radical (unpaired) electrons. The maximum Gasteiger partial charge on any atom is 0.232 e. The fourth-order valence-corrected chi connectivity index (χ4v) is 6.69. The minimum absolute atomic E-state index is 0.0774. The molecule has 36 heavy (non-hydrogen) atoms. The predicted octanol–water partition coefficient (Wildman–Crippen LogP) is 3.90. The molecule has 2 aromatic heterocycles. The summed E-state index contributed by atoms with van der Waals surface area (Å²) in [6.45, 7) is 2.42. The highest BCUT2D eigenvalue weighted by atomic mass is 32.2. The van der Waals surface area contributed by atoms with Gasteiger partial charge in [-0.2, -0.15) is 0 Å². The van der Waals surface area contributed by atoms with E-state index in [0.717, 1.165) is 11.1 Å². The van der Waals surface area contributed by atoms with Gasteiger partial charge in [0.1, 0.15) is 17.3 Å². The zero-order chi connectivity index (χ0) is 25.5. The minimum atomic E-state index is -1.08. The number of methoxy groups -OCH3 is 1. The van der Waals surface area contributed by atoms with Crippen molar-refractivity contribution in [1.29, 1.82) is 0 Å². The molecule has 3 heterocycles. The number of nitrogens with two attached hydrogens (primary N) is 1. The van der Waals surface area contributed by atoms with Crippen LogP contribution in [0.4, 0.5) is 8.78 Å². The lowest BCUT2D eigenvalue weighted by atomic mass is 9.84. The number of carbonyl (C=O) groups is 1. The van der Waals surface area contributed by atoms with E-state index in [1.807, 2.05) is 5.38 Å². The monoisotopic (exact) mass is 531 g/mol. The number of amidine groups is 1. The van der Waals surface area contributed by atoms with Gasteiger partial charge in [0, 0.05) is 36.6 Å². The van der Waals surface area contributed by atoms with Crippen molar-refractivity contribution in [3.8, 4) is 5.88 Å². The highest BCUT2D eigenvalue weighted by Crippen LogP contribution is 2.66. The van der Waals surface area contributed by atoms with Gasteiger partial charge in [-0.15, -0.1) is 11.3 Å². The summed E-state index contributed by atoms with van der Waals surface area (Å²) in [5.41, 5.74) is 5.49. The second-order valence-electron chi connectivity index (χ2n) is 8.95. The molecule has 3 atom stereocenters. The van der Waals surface area contributed by atoms with Crippen LogP contribution in [0.15, 0.2) is 41.1 Å². The van der Waals surface area contributed by atoms with Gasteiger partial charge in [0.25, 0.3) is 0 Å². The molecular formula is C24H23F2N5O3S2. The Balaban J connectivity index is 1.35. The molecule has 1 aromatic carbocycles. The molecule has 12 heteroatoms. The van der Waals surface area contributed by atoms with E-state index in [1.54, 1.807) is 20.2 Å². The van der Waals surface area contributed by atoms with Crippen LogP contribution in [-0.2, 0) is 23.3 Å². The molecule has 0 saturated heterocycles. The van der Waals surface area contributed by atoms with Crippen molar-refractivity contribution in [1.82, 2.24) is 15.0 Å². The van der Waals surface area contributed by atoms with Crippen LogP contribution in [0.5, 0.6) is 5.88 Å². The number of aromatic nitrogens is 3. The molecule has 0 unspecified atom stereocenters. The number of ether oxygens (including phenoxy) is 2. The number of thioether (sulfide) groups is 1. The topological polar surface area (TPSA) is 113 Å². The summed E-state index contributed by atoms with van der Waals surface area (Å²) in [5.74, 6) is -2.25. The highest BCUT2D eigenvalue weighted by molar-refractivity contribution is 8.15. The fraction of sp³-hybridized carbons (Fsp3) is 0.375. The van der Waals surface area contributed by atoms with E-state index in [1.165, 1.54) is 41.6 Å². The van der Waals surface area contributed by atoms with Gasteiger partial charge >= 0.3 is 0 Å². The third-order valence-corrected chi connectivity index (χ3v) is 8.51. The molecule has 1 saturated carbocycles. The molecule has 8 nitrogen and oxygen atoms in total. The van der Waals surface area contributed by atoms with Crippen LogP contribution < -0.4 is 10.5 Å². The Labute approximate surface area is 214 Å². The van der Waals surface area contributed by atoms with Crippen LogP contribution in [0.1, 0.15) is 40.0 Å². The zero-order valence-corrected chi connectivity index (χ0v) is 21.2. The molecule has 188 valence electrons. The first kappa shape index (κ1) is 24.7. The number of aliphatic imine (C=N–C) groups is 1. The number of benzene rings is 1. The van der Waals surface area contributed by atoms with Gasteiger partial charge in [0.05, 0.1) is 29.3 Å². The van der Waals surface area contributed by atoms with Crippen molar-refractivity contribution in [2.45, 2.75) is 36.7 Å². The SMILES string of the molecule is COC[C@]12C[C@H]1[C@@](C)(c1cc(CC(=O)c3cnc(OCc4nccs4)cn3)cc(F)c1F)N=C(N)S2. The second kappa shape index (κ2) is 9.49. The molecular weight excluding hydrogens is 508 g/mol. The Morgan fingerprint density at radius 3 is 2.78 bits per heavy atom. The highest BCUT2D eigenvalue weighted by Gasteiger charge is 2.66. The lowest BCUT2D eigenvalue weighted by molar-refractivity contribution is 0.0987. The average molecular weight is 532 g/mol. The molecule has 3 aromatic rings. The zero-order valence-electron chi connectivity index (χ0n) is 19.5. The Morgan fingerprint density at radius 2 is 2.08 bits per heavy atom. The van der Waals surface area contributed by atoms with E-state index < -0.39 is 23.0 Å². The summed E-state index contributed by atoms with van der Waals surface area (Å²) >= 11 is 2.87. The number of carbonyl (C=O) groups excluding carboxylic acids is 1. The summed E-state index contributed by atoms with van der Waals surface area (Å²) < 4.78 is 40.3. The smallest absolute Gasteiger partial charge is 0.232 e. The van der Waals surface area contributed by atoms with Gasteiger partial charge < -0.3 is 15.2 Å². The summed E-state index contributed by atoms with van der Waals surface area (Å²) in [4.78, 5) is 29.7. The molecule has 1 aliphatic carbocycles. The van der Waals surface area contributed by atoms with Gasteiger partial charge in [-0.25, -0.2) is 23.7 Å². The number of nitrogens with zero attached hydrogens (tertiary/aromatic N) is 4. The largest absolute Gasteiger partial charge is 0.469 e. The number of rotatable bonds is 9. The number of Topliss-reactive ketones (excluding diaryl/α,β-unsaturated/α-hetero) is 1. The summed E-state index contributed by atoms with van der Waals surface area (Å²) in [7, 11) is 1.60.